The Morgan fingerprint density at radius 2 is 2.50 bits per heavy atom. The third kappa shape index (κ3) is 2.86. The number of carboxylic acid groups (broad SMARTS) is 1. The van der Waals surface area contributed by atoms with Crippen LogP contribution in [0.5, 0.6) is 0 Å². The maximum Gasteiger partial charge on any atom is 0.408 e. The molecule has 3 amide bonds. The summed E-state index contributed by atoms with van der Waals surface area (Å²) in [5, 5.41) is 11.5. The maximum absolute atomic E-state index is 11.2. The molecule has 1 aliphatic rings. The fourth-order valence-corrected chi connectivity index (χ4v) is 1.50. The van der Waals surface area contributed by atoms with Gasteiger partial charge in [0.05, 0.1) is 6.54 Å². The monoisotopic (exact) mass is 228 g/mol. The van der Waals surface area contributed by atoms with Gasteiger partial charge in [-0.25, -0.2) is 9.59 Å². The van der Waals surface area contributed by atoms with Gasteiger partial charge in [0.2, 0.25) is 0 Å². The van der Waals surface area contributed by atoms with Crippen molar-refractivity contribution in [1.29, 1.82) is 0 Å². The number of hydrogen-bond donors (Lipinski definition) is 3. The van der Waals surface area contributed by atoms with Crippen LogP contribution in [0.25, 0.3) is 0 Å². The van der Waals surface area contributed by atoms with Gasteiger partial charge in [0.15, 0.2) is 0 Å². The van der Waals surface area contributed by atoms with Crippen LogP contribution >= 0.6 is 0 Å². The van der Waals surface area contributed by atoms with Gasteiger partial charge in [-0.2, -0.15) is 0 Å². The first kappa shape index (κ1) is 12.3. The zero-order chi connectivity index (χ0) is 12.1. The highest BCUT2D eigenvalue weighted by Crippen LogP contribution is 2.02. The molecule has 1 aliphatic heterocycles. The lowest BCUT2D eigenvalue weighted by Gasteiger charge is -2.28. The predicted octanol–water partition coefficient (Wildman–Crippen LogP) is -0.538. The second kappa shape index (κ2) is 5.36. The van der Waals surface area contributed by atoms with Gasteiger partial charge in [0.1, 0.15) is 6.17 Å². The number of hydrogen-bond acceptors (Lipinski definition) is 3. The number of nitrogens with one attached hydrogen (secondary N) is 1. The molecular weight excluding hydrogens is 212 g/mol. The number of nitrogens with zero attached hydrogens (tertiary/aromatic N) is 2. The predicted molar refractivity (Wildman–Crippen MR) is 57.9 cm³/mol. The van der Waals surface area contributed by atoms with Gasteiger partial charge < -0.3 is 21.1 Å². The Morgan fingerprint density at radius 1 is 1.81 bits per heavy atom. The minimum absolute atomic E-state index is 0.145. The fraction of sp³-hybridized carbons (Fsp3) is 0.556. The molecule has 0 aromatic heterocycles. The first-order chi connectivity index (χ1) is 7.56. The summed E-state index contributed by atoms with van der Waals surface area (Å²) in [6, 6.07) is -0.209. The molecular formula is C9H16N4O3. The molecule has 1 fully saturated rings. The lowest BCUT2D eigenvalue weighted by molar-refractivity contribution is 0.121. The first-order valence-electron chi connectivity index (χ1n) is 4.95. The van der Waals surface area contributed by atoms with Crippen LogP contribution in [0.1, 0.15) is 0 Å². The Hall–Kier alpha value is -1.76. The van der Waals surface area contributed by atoms with E-state index in [1.807, 2.05) is 0 Å². The molecule has 7 nitrogen and oxygen atoms in total. The molecule has 0 bridgehead atoms. The average Bonchev–Trinajstić information content (AvgIpc) is 2.60. The van der Waals surface area contributed by atoms with E-state index in [-0.39, 0.29) is 19.1 Å². The molecule has 7 heteroatoms. The van der Waals surface area contributed by atoms with Crippen LogP contribution in [0.3, 0.4) is 0 Å². The van der Waals surface area contributed by atoms with Crippen molar-refractivity contribution < 1.29 is 14.7 Å². The molecule has 0 radical (unpaired) electrons. The Labute approximate surface area is 93.5 Å². The molecule has 1 heterocycles. The van der Waals surface area contributed by atoms with Crippen molar-refractivity contribution in [2.45, 2.75) is 6.17 Å². The van der Waals surface area contributed by atoms with Crippen LogP contribution in [0.4, 0.5) is 9.59 Å². The van der Waals surface area contributed by atoms with Crippen molar-refractivity contribution in [3.8, 4) is 0 Å². The van der Waals surface area contributed by atoms with Gasteiger partial charge in [-0.05, 0) is 0 Å². The van der Waals surface area contributed by atoms with Gasteiger partial charge in [-0.15, -0.1) is 6.58 Å². The zero-order valence-electron chi connectivity index (χ0n) is 8.93. The highest BCUT2D eigenvalue weighted by molar-refractivity contribution is 5.76. The summed E-state index contributed by atoms with van der Waals surface area (Å²) in [7, 11) is 0. The summed E-state index contributed by atoms with van der Waals surface area (Å²) in [6.45, 7) is 4.91. The van der Waals surface area contributed by atoms with E-state index in [0.717, 1.165) is 4.90 Å². The quantitative estimate of drug-likeness (QED) is 0.435. The molecule has 1 atom stereocenters. The summed E-state index contributed by atoms with van der Waals surface area (Å²) in [5.41, 5.74) is 5.72. The standard InChI is InChI=1S/C9H16N4O3/c1-2-4-13(9(15)16)7(10)6-12-5-3-11-8(12)14/h2,7H,1,3-6,10H2,(H,11,14)(H,15,16). The van der Waals surface area contributed by atoms with E-state index in [9.17, 15) is 9.59 Å². The topological polar surface area (TPSA) is 98.9 Å². The Bertz CT molecular complexity index is 294. The van der Waals surface area contributed by atoms with Crippen LogP contribution < -0.4 is 11.1 Å². The van der Waals surface area contributed by atoms with E-state index < -0.39 is 12.3 Å². The Balaban J connectivity index is 2.54. The van der Waals surface area contributed by atoms with Crippen molar-refractivity contribution in [3.05, 3.63) is 12.7 Å². The largest absolute Gasteiger partial charge is 0.465 e. The smallest absolute Gasteiger partial charge is 0.408 e. The van der Waals surface area contributed by atoms with E-state index >= 15 is 0 Å². The third-order valence-electron chi connectivity index (χ3n) is 2.32. The molecule has 1 rings (SSSR count). The van der Waals surface area contributed by atoms with Crippen LogP contribution in [-0.4, -0.2) is 59.4 Å². The van der Waals surface area contributed by atoms with E-state index in [4.69, 9.17) is 10.8 Å². The Morgan fingerprint density at radius 3 is 2.94 bits per heavy atom. The number of carbonyl (C=O) groups is 2. The number of amides is 3. The molecule has 4 N–H and O–H groups in total. The molecule has 90 valence electrons. The number of carbonyl (C=O) groups excluding carboxylic acids is 1. The summed E-state index contributed by atoms with van der Waals surface area (Å²) in [4.78, 5) is 24.6. The lowest BCUT2D eigenvalue weighted by Crippen LogP contribution is -2.52. The molecule has 1 unspecified atom stereocenters. The number of urea groups is 1. The number of rotatable bonds is 5. The third-order valence-corrected chi connectivity index (χ3v) is 2.32. The summed E-state index contributed by atoms with van der Waals surface area (Å²) >= 11 is 0. The second-order valence-electron chi connectivity index (χ2n) is 3.47. The molecule has 1 saturated heterocycles. The summed E-state index contributed by atoms with van der Waals surface area (Å²) in [5.74, 6) is 0. The van der Waals surface area contributed by atoms with Gasteiger partial charge >= 0.3 is 12.1 Å². The number of nitrogens with two attached hydrogens (primary N) is 1. The average molecular weight is 228 g/mol. The normalized spacial score (nSPS) is 16.8. The molecule has 16 heavy (non-hydrogen) atoms. The highest BCUT2D eigenvalue weighted by atomic mass is 16.4. The van der Waals surface area contributed by atoms with Crippen molar-refractivity contribution in [2.75, 3.05) is 26.2 Å². The molecule has 0 aromatic carbocycles. The molecule has 0 aromatic rings. The van der Waals surface area contributed by atoms with Gasteiger partial charge in [0, 0.05) is 19.6 Å². The maximum atomic E-state index is 11.2. The van der Waals surface area contributed by atoms with Crippen molar-refractivity contribution >= 4 is 12.1 Å². The van der Waals surface area contributed by atoms with Crippen molar-refractivity contribution in [2.24, 2.45) is 5.73 Å². The molecule has 0 aliphatic carbocycles. The van der Waals surface area contributed by atoms with Crippen LogP contribution in [0.2, 0.25) is 0 Å². The van der Waals surface area contributed by atoms with Crippen molar-refractivity contribution in [1.82, 2.24) is 15.1 Å². The van der Waals surface area contributed by atoms with Gasteiger partial charge in [0.25, 0.3) is 0 Å². The van der Waals surface area contributed by atoms with E-state index in [2.05, 4.69) is 11.9 Å². The van der Waals surface area contributed by atoms with Crippen LogP contribution in [0.15, 0.2) is 12.7 Å². The lowest BCUT2D eigenvalue weighted by atomic mass is 10.4. The van der Waals surface area contributed by atoms with Crippen molar-refractivity contribution in [3.63, 3.8) is 0 Å². The molecule has 0 spiro atoms. The fourth-order valence-electron chi connectivity index (χ4n) is 1.50. The van der Waals surface area contributed by atoms with E-state index in [1.165, 1.54) is 11.0 Å². The van der Waals surface area contributed by atoms with Crippen LogP contribution in [0, 0.1) is 0 Å². The summed E-state index contributed by atoms with van der Waals surface area (Å²) in [6.07, 6.45) is -0.399. The Kier molecular flexibility index (Phi) is 4.12. The SMILES string of the molecule is C=CCN(C(=O)O)C(N)CN1CCNC1=O. The minimum Gasteiger partial charge on any atom is -0.465 e. The van der Waals surface area contributed by atoms with Gasteiger partial charge in [-0.1, -0.05) is 6.08 Å². The zero-order valence-corrected chi connectivity index (χ0v) is 8.93. The minimum atomic E-state index is -1.12. The van der Waals surface area contributed by atoms with E-state index in [0.29, 0.717) is 13.1 Å². The molecule has 0 saturated carbocycles. The second-order valence-corrected chi connectivity index (χ2v) is 3.47. The first-order valence-corrected chi connectivity index (χ1v) is 4.95. The van der Waals surface area contributed by atoms with E-state index in [1.54, 1.807) is 0 Å². The van der Waals surface area contributed by atoms with Gasteiger partial charge in [-0.3, -0.25) is 4.90 Å². The highest BCUT2D eigenvalue weighted by Gasteiger charge is 2.26. The van der Waals surface area contributed by atoms with Crippen LogP contribution in [-0.2, 0) is 0 Å². The summed E-state index contributed by atoms with van der Waals surface area (Å²) < 4.78 is 0.